The van der Waals surface area contributed by atoms with Gasteiger partial charge in [-0.3, -0.25) is 0 Å². The average molecular weight is 184 g/mol. The number of rotatable bonds is 4. The lowest BCUT2D eigenvalue weighted by Gasteiger charge is -2.07. The molecular weight excluding hydrogens is 168 g/mol. The molecule has 1 aromatic rings. The number of anilines is 1. The van der Waals surface area contributed by atoms with Crippen LogP contribution in [0.5, 0.6) is 0 Å². The molecule has 0 bridgehead atoms. The molecule has 13 heavy (non-hydrogen) atoms. The van der Waals surface area contributed by atoms with E-state index in [2.05, 4.69) is 15.5 Å². The average Bonchev–Trinajstić information content (AvgIpc) is 2.52. The molecule has 0 saturated carbocycles. The van der Waals surface area contributed by atoms with Crippen LogP contribution in [0.3, 0.4) is 0 Å². The normalized spacial score (nSPS) is 12.9. The summed E-state index contributed by atoms with van der Waals surface area (Å²) in [5.74, 6) is 0.630. The minimum Gasteiger partial charge on any atom is -0.406 e. The minimum atomic E-state index is 0.117. The van der Waals surface area contributed by atoms with E-state index in [-0.39, 0.29) is 6.04 Å². The van der Waals surface area contributed by atoms with Crippen molar-refractivity contribution in [3.63, 3.8) is 0 Å². The maximum Gasteiger partial charge on any atom is 0.317 e. The smallest absolute Gasteiger partial charge is 0.317 e. The van der Waals surface area contributed by atoms with Crippen molar-refractivity contribution in [2.24, 2.45) is 0 Å². The first-order valence-electron chi connectivity index (χ1n) is 4.39. The molecule has 5 heteroatoms. The lowest BCUT2D eigenvalue weighted by molar-refractivity contribution is 0.424. The summed E-state index contributed by atoms with van der Waals surface area (Å²) < 4.78 is 5.40. The van der Waals surface area contributed by atoms with Gasteiger partial charge in [0, 0.05) is 14.1 Å². The van der Waals surface area contributed by atoms with E-state index in [0.29, 0.717) is 11.9 Å². The molecule has 0 aliphatic carbocycles. The maximum atomic E-state index is 5.40. The quantitative estimate of drug-likeness (QED) is 0.750. The molecule has 1 heterocycles. The third-order valence-electron chi connectivity index (χ3n) is 1.69. The zero-order valence-electron chi connectivity index (χ0n) is 8.53. The molecule has 1 atom stereocenters. The number of aromatic nitrogens is 2. The van der Waals surface area contributed by atoms with Crippen molar-refractivity contribution >= 4 is 6.01 Å². The van der Waals surface area contributed by atoms with Crippen molar-refractivity contribution in [1.29, 1.82) is 0 Å². The molecule has 0 radical (unpaired) electrons. The fourth-order valence-electron chi connectivity index (χ4n) is 0.976. The summed E-state index contributed by atoms with van der Waals surface area (Å²) in [6.45, 7) is 4.93. The molecular formula is C8H16N4O. The Kier molecular flexibility index (Phi) is 3.25. The fraction of sp³-hybridized carbons (Fsp3) is 0.750. The van der Waals surface area contributed by atoms with E-state index in [9.17, 15) is 0 Å². The molecule has 1 N–H and O–H groups in total. The second kappa shape index (κ2) is 4.23. The summed E-state index contributed by atoms with van der Waals surface area (Å²) in [7, 11) is 3.74. The Morgan fingerprint density at radius 2 is 2.15 bits per heavy atom. The van der Waals surface area contributed by atoms with Gasteiger partial charge in [-0.2, -0.15) is 0 Å². The SMILES string of the molecule is CCNC(C)c1nnc(N(C)C)o1. The second-order valence-corrected chi connectivity index (χ2v) is 3.10. The largest absolute Gasteiger partial charge is 0.406 e. The standard InChI is InChI=1S/C8H16N4O/c1-5-9-6(2)7-10-11-8(13-7)12(3)4/h6,9H,5H2,1-4H3. The van der Waals surface area contributed by atoms with Gasteiger partial charge in [-0.1, -0.05) is 12.0 Å². The topological polar surface area (TPSA) is 54.2 Å². The molecule has 1 rings (SSSR count). The van der Waals surface area contributed by atoms with E-state index in [0.717, 1.165) is 6.54 Å². The molecule has 0 spiro atoms. The van der Waals surface area contributed by atoms with Crippen LogP contribution in [0.4, 0.5) is 6.01 Å². The highest BCUT2D eigenvalue weighted by Crippen LogP contribution is 2.14. The first-order valence-corrected chi connectivity index (χ1v) is 4.39. The molecule has 1 unspecified atom stereocenters. The van der Waals surface area contributed by atoms with Crippen molar-refractivity contribution in [3.05, 3.63) is 5.89 Å². The van der Waals surface area contributed by atoms with Crippen molar-refractivity contribution in [3.8, 4) is 0 Å². The van der Waals surface area contributed by atoms with Crippen molar-refractivity contribution in [2.75, 3.05) is 25.5 Å². The Morgan fingerprint density at radius 3 is 2.62 bits per heavy atom. The van der Waals surface area contributed by atoms with Crippen LogP contribution in [0.15, 0.2) is 4.42 Å². The van der Waals surface area contributed by atoms with Crippen LogP contribution in [0.2, 0.25) is 0 Å². The van der Waals surface area contributed by atoms with Crippen LogP contribution in [0.25, 0.3) is 0 Å². The third-order valence-corrected chi connectivity index (χ3v) is 1.69. The van der Waals surface area contributed by atoms with E-state index in [4.69, 9.17) is 4.42 Å². The Bertz CT molecular complexity index is 258. The fourth-order valence-corrected chi connectivity index (χ4v) is 0.976. The van der Waals surface area contributed by atoms with Gasteiger partial charge in [-0.25, -0.2) is 0 Å². The predicted octanol–water partition coefficient (Wildman–Crippen LogP) is 0.806. The van der Waals surface area contributed by atoms with Gasteiger partial charge in [0.15, 0.2) is 0 Å². The molecule has 0 aliphatic heterocycles. The summed E-state index contributed by atoms with van der Waals surface area (Å²) in [6.07, 6.45) is 0. The number of hydrogen-bond donors (Lipinski definition) is 1. The Balaban J connectivity index is 2.67. The molecule has 5 nitrogen and oxygen atoms in total. The van der Waals surface area contributed by atoms with E-state index >= 15 is 0 Å². The number of nitrogens with zero attached hydrogens (tertiary/aromatic N) is 3. The van der Waals surface area contributed by atoms with E-state index in [1.165, 1.54) is 0 Å². The van der Waals surface area contributed by atoms with Gasteiger partial charge in [0.25, 0.3) is 0 Å². The van der Waals surface area contributed by atoms with Gasteiger partial charge < -0.3 is 14.6 Å². The van der Waals surface area contributed by atoms with Crippen LogP contribution in [0, 0.1) is 0 Å². The molecule has 1 aromatic heterocycles. The van der Waals surface area contributed by atoms with Crippen LogP contribution in [0.1, 0.15) is 25.8 Å². The van der Waals surface area contributed by atoms with Crippen LogP contribution >= 0.6 is 0 Å². The molecule has 0 aromatic carbocycles. The van der Waals surface area contributed by atoms with Gasteiger partial charge in [0.05, 0.1) is 6.04 Å². The lowest BCUT2D eigenvalue weighted by atomic mass is 10.3. The summed E-state index contributed by atoms with van der Waals surface area (Å²) in [5.41, 5.74) is 0. The number of hydrogen-bond acceptors (Lipinski definition) is 5. The third kappa shape index (κ3) is 2.42. The monoisotopic (exact) mass is 184 g/mol. The van der Waals surface area contributed by atoms with Crippen molar-refractivity contribution in [2.45, 2.75) is 19.9 Å². The van der Waals surface area contributed by atoms with Crippen LogP contribution in [-0.2, 0) is 0 Å². The van der Waals surface area contributed by atoms with Gasteiger partial charge in [-0.15, -0.1) is 5.10 Å². The Hall–Kier alpha value is -1.10. The summed E-state index contributed by atoms with van der Waals surface area (Å²) in [5, 5.41) is 11.0. The zero-order valence-corrected chi connectivity index (χ0v) is 8.53. The summed E-state index contributed by atoms with van der Waals surface area (Å²) in [4.78, 5) is 1.79. The Morgan fingerprint density at radius 1 is 1.46 bits per heavy atom. The highest BCUT2D eigenvalue weighted by molar-refractivity contribution is 5.19. The van der Waals surface area contributed by atoms with Crippen LogP contribution < -0.4 is 10.2 Å². The molecule has 0 amide bonds. The van der Waals surface area contributed by atoms with Gasteiger partial charge in [0.1, 0.15) is 0 Å². The minimum absolute atomic E-state index is 0.117. The van der Waals surface area contributed by atoms with Gasteiger partial charge in [0.2, 0.25) is 5.89 Å². The highest BCUT2D eigenvalue weighted by atomic mass is 16.4. The van der Waals surface area contributed by atoms with E-state index < -0.39 is 0 Å². The highest BCUT2D eigenvalue weighted by Gasteiger charge is 2.13. The van der Waals surface area contributed by atoms with Crippen molar-refractivity contribution in [1.82, 2.24) is 15.5 Å². The first-order chi connectivity index (χ1) is 6.15. The zero-order chi connectivity index (χ0) is 9.84. The molecule has 0 saturated heterocycles. The molecule has 0 fully saturated rings. The lowest BCUT2D eigenvalue weighted by Crippen LogP contribution is -2.17. The summed E-state index contributed by atoms with van der Waals surface area (Å²) in [6, 6.07) is 0.658. The first kappa shape index (κ1) is 9.98. The number of nitrogens with one attached hydrogen (secondary N) is 1. The van der Waals surface area contributed by atoms with E-state index in [1.807, 2.05) is 27.9 Å². The maximum absolute atomic E-state index is 5.40. The van der Waals surface area contributed by atoms with Gasteiger partial charge >= 0.3 is 6.01 Å². The van der Waals surface area contributed by atoms with Gasteiger partial charge in [-0.05, 0) is 13.5 Å². The molecule has 0 aliphatic rings. The van der Waals surface area contributed by atoms with Crippen LogP contribution in [-0.4, -0.2) is 30.8 Å². The summed E-state index contributed by atoms with van der Waals surface area (Å²) >= 11 is 0. The Labute approximate surface area is 78.1 Å². The predicted molar refractivity (Wildman–Crippen MR) is 50.7 cm³/mol. The van der Waals surface area contributed by atoms with E-state index in [1.54, 1.807) is 4.90 Å². The second-order valence-electron chi connectivity index (χ2n) is 3.10. The van der Waals surface area contributed by atoms with Crippen molar-refractivity contribution < 1.29 is 4.42 Å². The molecule has 74 valence electrons.